The van der Waals surface area contributed by atoms with Crippen LogP contribution < -0.4 is 10.5 Å². The average molecular weight is 440 g/mol. The highest BCUT2D eigenvalue weighted by atomic mass is 35.5. The lowest BCUT2D eigenvalue weighted by Gasteiger charge is -2.18. The van der Waals surface area contributed by atoms with Crippen LogP contribution >= 0.6 is 23.4 Å². The van der Waals surface area contributed by atoms with Crippen molar-refractivity contribution in [3.8, 4) is 5.69 Å². The van der Waals surface area contributed by atoms with Crippen molar-refractivity contribution in [2.75, 3.05) is 18.0 Å². The van der Waals surface area contributed by atoms with Gasteiger partial charge in [0.1, 0.15) is 5.52 Å². The molecule has 0 aliphatic carbocycles. The summed E-state index contributed by atoms with van der Waals surface area (Å²) >= 11 is 7.62. The number of aromatic nitrogens is 6. The maximum absolute atomic E-state index is 12.7. The lowest BCUT2D eigenvalue weighted by atomic mass is 10.2. The monoisotopic (exact) mass is 439 g/mol. The zero-order valence-corrected chi connectivity index (χ0v) is 17.6. The minimum absolute atomic E-state index is 0.179. The first kappa shape index (κ1) is 19.1. The molecule has 1 fully saturated rings. The molecule has 0 spiro atoms. The number of thioether (sulfide) groups is 1. The average Bonchev–Trinajstić information content (AvgIpc) is 3.43. The molecule has 3 heterocycles. The SMILES string of the molecule is O=c1c2ccccc2nnn1CSc1nnc(N2CCCC2)n1-c1cccc(Cl)c1. The number of rotatable bonds is 5. The molecule has 1 saturated heterocycles. The predicted molar refractivity (Wildman–Crippen MR) is 117 cm³/mol. The summed E-state index contributed by atoms with van der Waals surface area (Å²) in [6.45, 7) is 1.89. The fourth-order valence-electron chi connectivity index (χ4n) is 3.55. The van der Waals surface area contributed by atoms with E-state index in [-0.39, 0.29) is 11.4 Å². The zero-order valence-electron chi connectivity index (χ0n) is 16.0. The summed E-state index contributed by atoms with van der Waals surface area (Å²) in [5.74, 6) is 1.06. The van der Waals surface area contributed by atoms with Crippen LogP contribution in [0.4, 0.5) is 5.95 Å². The van der Waals surface area contributed by atoms with Gasteiger partial charge in [-0.2, -0.15) is 4.68 Å². The number of halogens is 1. The van der Waals surface area contributed by atoms with Crippen LogP contribution in [0.2, 0.25) is 5.02 Å². The summed E-state index contributed by atoms with van der Waals surface area (Å²) in [6, 6.07) is 14.8. The molecule has 10 heteroatoms. The minimum Gasteiger partial charge on any atom is -0.341 e. The Bertz CT molecular complexity index is 1270. The fourth-order valence-corrected chi connectivity index (χ4v) is 4.55. The second kappa shape index (κ2) is 8.08. The summed E-state index contributed by atoms with van der Waals surface area (Å²) in [6.07, 6.45) is 2.26. The van der Waals surface area contributed by atoms with E-state index in [0.717, 1.165) is 37.6 Å². The summed E-state index contributed by atoms with van der Waals surface area (Å²) in [4.78, 5) is 15.0. The van der Waals surface area contributed by atoms with E-state index in [1.807, 2.05) is 41.0 Å². The van der Waals surface area contributed by atoms with Crippen LogP contribution in [0.1, 0.15) is 12.8 Å². The second-order valence-electron chi connectivity index (χ2n) is 6.98. The highest BCUT2D eigenvalue weighted by Crippen LogP contribution is 2.30. The van der Waals surface area contributed by atoms with Crippen LogP contribution in [0.25, 0.3) is 16.6 Å². The molecule has 0 amide bonds. The highest BCUT2D eigenvalue weighted by Gasteiger charge is 2.23. The van der Waals surface area contributed by atoms with Gasteiger partial charge in [0, 0.05) is 18.1 Å². The van der Waals surface area contributed by atoms with Gasteiger partial charge in [-0.1, -0.05) is 46.8 Å². The van der Waals surface area contributed by atoms with Crippen molar-refractivity contribution in [2.45, 2.75) is 23.9 Å². The van der Waals surface area contributed by atoms with Crippen LogP contribution in [-0.2, 0) is 5.88 Å². The molecule has 0 N–H and O–H groups in total. The van der Waals surface area contributed by atoms with E-state index in [2.05, 4.69) is 25.4 Å². The third kappa shape index (κ3) is 3.54. The fraction of sp³-hybridized carbons (Fsp3) is 0.250. The molecule has 1 aliphatic rings. The maximum atomic E-state index is 12.7. The largest absolute Gasteiger partial charge is 0.341 e. The molecule has 4 aromatic rings. The number of hydrogen-bond acceptors (Lipinski definition) is 7. The smallest absolute Gasteiger partial charge is 0.278 e. The molecule has 152 valence electrons. The van der Waals surface area contributed by atoms with E-state index < -0.39 is 0 Å². The molecule has 8 nitrogen and oxygen atoms in total. The predicted octanol–water partition coefficient (Wildman–Crippen LogP) is 3.38. The first-order valence-corrected chi connectivity index (χ1v) is 11.0. The summed E-state index contributed by atoms with van der Waals surface area (Å²) in [5.41, 5.74) is 1.29. The molecule has 0 bridgehead atoms. The van der Waals surface area contributed by atoms with Gasteiger partial charge in [0.2, 0.25) is 5.95 Å². The first-order valence-electron chi connectivity index (χ1n) is 9.62. The Balaban J connectivity index is 1.50. The number of anilines is 1. The molecule has 2 aromatic carbocycles. The standard InChI is InChI=1S/C20H18ClN7OS/c21-14-6-5-7-15(12-14)28-19(26-10-3-4-11-26)23-24-20(28)30-13-27-18(29)16-8-1-2-9-17(16)22-25-27/h1-2,5-9,12H,3-4,10-11,13H2. The summed E-state index contributed by atoms with van der Waals surface area (Å²) < 4.78 is 3.33. The number of hydrogen-bond donors (Lipinski definition) is 0. The Hall–Kier alpha value is -2.91. The van der Waals surface area contributed by atoms with Crippen molar-refractivity contribution in [1.29, 1.82) is 0 Å². The first-order chi connectivity index (χ1) is 14.7. The lowest BCUT2D eigenvalue weighted by Crippen LogP contribution is -2.23. The highest BCUT2D eigenvalue weighted by molar-refractivity contribution is 7.98. The maximum Gasteiger partial charge on any atom is 0.278 e. The van der Waals surface area contributed by atoms with Gasteiger partial charge in [-0.3, -0.25) is 9.36 Å². The summed E-state index contributed by atoms with van der Waals surface area (Å²) in [5, 5.41) is 18.9. The van der Waals surface area contributed by atoms with Crippen LogP contribution in [0.5, 0.6) is 0 Å². The molecule has 0 radical (unpaired) electrons. The van der Waals surface area contributed by atoms with E-state index in [9.17, 15) is 4.79 Å². The minimum atomic E-state index is -0.179. The van der Waals surface area contributed by atoms with Gasteiger partial charge in [0.25, 0.3) is 5.56 Å². The van der Waals surface area contributed by atoms with E-state index in [4.69, 9.17) is 11.6 Å². The summed E-state index contributed by atoms with van der Waals surface area (Å²) in [7, 11) is 0. The van der Waals surface area contributed by atoms with E-state index in [1.54, 1.807) is 12.1 Å². The third-order valence-corrected chi connectivity index (χ3v) is 6.15. The molecule has 0 atom stereocenters. The molecule has 5 rings (SSSR count). The zero-order chi connectivity index (χ0) is 20.5. The van der Waals surface area contributed by atoms with Crippen molar-refractivity contribution in [3.05, 3.63) is 63.9 Å². The van der Waals surface area contributed by atoms with Gasteiger partial charge < -0.3 is 4.90 Å². The molecule has 2 aromatic heterocycles. The van der Waals surface area contributed by atoms with Gasteiger partial charge in [-0.15, -0.1) is 15.3 Å². The van der Waals surface area contributed by atoms with Crippen molar-refractivity contribution in [1.82, 2.24) is 29.8 Å². The Kier molecular flexibility index (Phi) is 5.14. The van der Waals surface area contributed by atoms with Crippen LogP contribution in [-0.4, -0.2) is 42.8 Å². The Labute approximate surface area is 181 Å². The number of benzene rings is 2. The molecular weight excluding hydrogens is 422 g/mol. The van der Waals surface area contributed by atoms with Crippen molar-refractivity contribution in [3.63, 3.8) is 0 Å². The van der Waals surface area contributed by atoms with Crippen molar-refractivity contribution >= 4 is 40.2 Å². The quantitative estimate of drug-likeness (QED) is 0.441. The van der Waals surface area contributed by atoms with Gasteiger partial charge in [-0.05, 0) is 43.2 Å². The van der Waals surface area contributed by atoms with Crippen molar-refractivity contribution in [2.24, 2.45) is 0 Å². The third-order valence-electron chi connectivity index (χ3n) is 5.02. The van der Waals surface area contributed by atoms with Gasteiger partial charge in [0.15, 0.2) is 5.16 Å². The van der Waals surface area contributed by atoms with Crippen LogP contribution in [0, 0.1) is 0 Å². The molecule has 30 heavy (non-hydrogen) atoms. The topological polar surface area (TPSA) is 81.7 Å². The normalized spacial score (nSPS) is 14.0. The second-order valence-corrected chi connectivity index (χ2v) is 8.33. The molecule has 0 unspecified atom stereocenters. The molecule has 0 saturated carbocycles. The lowest BCUT2D eigenvalue weighted by molar-refractivity contribution is 0.643. The van der Waals surface area contributed by atoms with E-state index >= 15 is 0 Å². The van der Waals surface area contributed by atoms with E-state index in [0.29, 0.717) is 21.1 Å². The Morgan fingerprint density at radius 1 is 1.00 bits per heavy atom. The van der Waals surface area contributed by atoms with Gasteiger partial charge in [-0.25, -0.2) is 0 Å². The Morgan fingerprint density at radius 3 is 2.67 bits per heavy atom. The van der Waals surface area contributed by atoms with Crippen LogP contribution in [0.3, 0.4) is 0 Å². The Morgan fingerprint density at radius 2 is 1.83 bits per heavy atom. The number of nitrogens with zero attached hydrogens (tertiary/aromatic N) is 7. The van der Waals surface area contributed by atoms with E-state index in [1.165, 1.54) is 16.4 Å². The molecule has 1 aliphatic heterocycles. The van der Waals surface area contributed by atoms with Gasteiger partial charge in [0.05, 0.1) is 17.0 Å². The molecular formula is C20H18ClN7OS. The van der Waals surface area contributed by atoms with Crippen LogP contribution in [0.15, 0.2) is 58.5 Å². The van der Waals surface area contributed by atoms with Crippen molar-refractivity contribution < 1.29 is 0 Å². The number of fused-ring (bicyclic) bond motifs is 1. The van der Waals surface area contributed by atoms with Gasteiger partial charge >= 0.3 is 0 Å².